The molecule has 0 radical (unpaired) electrons. The van der Waals surface area contributed by atoms with E-state index in [2.05, 4.69) is 78.6 Å². The van der Waals surface area contributed by atoms with Gasteiger partial charge in [0.2, 0.25) is 0 Å². The number of rotatable bonds is 4. The minimum Gasteiger partial charge on any atom is -0.305 e. The summed E-state index contributed by atoms with van der Waals surface area (Å²) in [6, 6.07) is 8.59. The fraction of sp³-hybridized carbons (Fsp3) is 0.438. The van der Waals surface area contributed by atoms with E-state index in [1.54, 1.807) is 11.3 Å². The second-order valence-electron chi connectivity index (χ2n) is 5.87. The minimum atomic E-state index is 0.1000. The van der Waals surface area contributed by atoms with Gasteiger partial charge in [-0.25, -0.2) is 4.98 Å². The number of halogens is 1. The van der Waals surface area contributed by atoms with Gasteiger partial charge in [0.05, 0.1) is 11.7 Å². The summed E-state index contributed by atoms with van der Waals surface area (Å²) in [7, 11) is 0. The van der Waals surface area contributed by atoms with Crippen molar-refractivity contribution in [2.45, 2.75) is 39.2 Å². The van der Waals surface area contributed by atoms with E-state index in [0.717, 1.165) is 21.7 Å². The van der Waals surface area contributed by atoms with Gasteiger partial charge in [-0.2, -0.15) is 0 Å². The third kappa shape index (κ3) is 3.68. The van der Waals surface area contributed by atoms with Crippen LogP contribution in [0.25, 0.3) is 0 Å². The molecule has 0 aliphatic rings. The predicted octanol–water partition coefficient (Wildman–Crippen LogP) is 4.90. The second kappa shape index (κ2) is 6.37. The molecule has 1 unspecified atom stereocenters. The number of nitrogens with zero attached hydrogens (tertiary/aromatic N) is 1. The molecule has 108 valence electrons. The van der Waals surface area contributed by atoms with Gasteiger partial charge in [-0.3, -0.25) is 0 Å². The van der Waals surface area contributed by atoms with Crippen LogP contribution in [-0.2, 0) is 5.41 Å². The Morgan fingerprint density at radius 1 is 1.35 bits per heavy atom. The summed E-state index contributed by atoms with van der Waals surface area (Å²) < 4.78 is 1.10. The summed E-state index contributed by atoms with van der Waals surface area (Å²) in [5.41, 5.74) is 2.51. The van der Waals surface area contributed by atoms with E-state index in [0.29, 0.717) is 0 Å². The van der Waals surface area contributed by atoms with Crippen LogP contribution in [0.1, 0.15) is 50.0 Å². The van der Waals surface area contributed by atoms with Gasteiger partial charge in [-0.05, 0) is 24.2 Å². The smallest absolute Gasteiger partial charge is 0.114 e. The highest BCUT2D eigenvalue weighted by Crippen LogP contribution is 2.30. The van der Waals surface area contributed by atoms with Gasteiger partial charge in [0.1, 0.15) is 5.01 Å². The average Bonchev–Trinajstić information content (AvgIpc) is 2.85. The van der Waals surface area contributed by atoms with E-state index in [9.17, 15) is 0 Å². The molecule has 1 N–H and O–H groups in total. The summed E-state index contributed by atoms with van der Waals surface area (Å²) in [4.78, 5) is 4.85. The molecule has 2 rings (SSSR count). The molecule has 1 aromatic heterocycles. The fourth-order valence-electron chi connectivity index (χ4n) is 2.00. The molecule has 20 heavy (non-hydrogen) atoms. The number of benzene rings is 1. The van der Waals surface area contributed by atoms with Crippen LogP contribution in [0.5, 0.6) is 0 Å². The number of aromatic nitrogens is 1. The van der Waals surface area contributed by atoms with Crippen LogP contribution < -0.4 is 5.32 Å². The van der Waals surface area contributed by atoms with Crippen LogP contribution in [0.15, 0.2) is 34.1 Å². The molecule has 0 amide bonds. The minimum absolute atomic E-state index is 0.1000. The highest BCUT2D eigenvalue weighted by atomic mass is 79.9. The van der Waals surface area contributed by atoms with Crippen molar-refractivity contribution >= 4 is 27.3 Å². The molecule has 0 bridgehead atoms. The molecule has 0 fully saturated rings. The molecular weight excluding hydrogens is 332 g/mol. The SMILES string of the molecule is CCNC(c1cccc(Br)c1)c1nc(C(C)(C)C)cs1. The van der Waals surface area contributed by atoms with Crippen LogP contribution in [0, 0.1) is 0 Å². The van der Waals surface area contributed by atoms with Crippen molar-refractivity contribution in [2.24, 2.45) is 0 Å². The second-order valence-corrected chi connectivity index (χ2v) is 7.67. The van der Waals surface area contributed by atoms with E-state index in [1.807, 2.05) is 0 Å². The van der Waals surface area contributed by atoms with Gasteiger partial charge in [0, 0.05) is 15.3 Å². The molecule has 0 spiro atoms. The van der Waals surface area contributed by atoms with Crippen molar-refractivity contribution in [3.05, 3.63) is 50.4 Å². The molecule has 2 aromatic rings. The van der Waals surface area contributed by atoms with Crippen LogP contribution in [-0.4, -0.2) is 11.5 Å². The topological polar surface area (TPSA) is 24.9 Å². The summed E-state index contributed by atoms with van der Waals surface area (Å²) in [6.07, 6.45) is 0. The van der Waals surface area contributed by atoms with Gasteiger partial charge in [0.25, 0.3) is 0 Å². The molecular formula is C16H21BrN2S. The normalized spacial score (nSPS) is 13.4. The maximum Gasteiger partial charge on any atom is 0.114 e. The molecule has 0 aliphatic carbocycles. The first-order valence-electron chi connectivity index (χ1n) is 6.86. The van der Waals surface area contributed by atoms with Crippen molar-refractivity contribution in [2.75, 3.05) is 6.54 Å². The van der Waals surface area contributed by atoms with Crippen LogP contribution in [0.4, 0.5) is 0 Å². The van der Waals surface area contributed by atoms with E-state index in [-0.39, 0.29) is 11.5 Å². The average molecular weight is 353 g/mol. The first-order valence-corrected chi connectivity index (χ1v) is 8.54. The maximum absolute atomic E-state index is 4.85. The van der Waals surface area contributed by atoms with Gasteiger partial charge in [-0.1, -0.05) is 55.8 Å². The van der Waals surface area contributed by atoms with Gasteiger partial charge < -0.3 is 5.32 Å². The number of hydrogen-bond donors (Lipinski definition) is 1. The zero-order valence-corrected chi connectivity index (χ0v) is 14.8. The fourth-order valence-corrected chi connectivity index (χ4v) is 3.56. The molecule has 0 saturated carbocycles. The summed E-state index contributed by atoms with van der Waals surface area (Å²) in [5, 5.41) is 6.85. The highest BCUT2D eigenvalue weighted by Gasteiger charge is 2.22. The molecule has 2 nitrogen and oxygen atoms in total. The lowest BCUT2D eigenvalue weighted by molar-refractivity contribution is 0.562. The third-order valence-corrected chi connectivity index (χ3v) is 4.53. The van der Waals surface area contributed by atoms with Gasteiger partial charge in [0.15, 0.2) is 0 Å². The largest absolute Gasteiger partial charge is 0.305 e. The zero-order chi connectivity index (χ0) is 14.8. The predicted molar refractivity (Wildman–Crippen MR) is 90.5 cm³/mol. The quantitative estimate of drug-likeness (QED) is 0.845. The van der Waals surface area contributed by atoms with E-state index in [1.165, 1.54) is 5.56 Å². The summed E-state index contributed by atoms with van der Waals surface area (Å²) in [5.74, 6) is 0. The monoisotopic (exact) mass is 352 g/mol. The lowest BCUT2D eigenvalue weighted by Gasteiger charge is -2.17. The van der Waals surface area contributed by atoms with Gasteiger partial charge >= 0.3 is 0 Å². The Kier molecular flexibility index (Phi) is 4.99. The van der Waals surface area contributed by atoms with Crippen molar-refractivity contribution in [1.82, 2.24) is 10.3 Å². The van der Waals surface area contributed by atoms with Crippen molar-refractivity contribution in [1.29, 1.82) is 0 Å². The van der Waals surface area contributed by atoms with E-state index in [4.69, 9.17) is 4.98 Å². The van der Waals surface area contributed by atoms with Crippen molar-refractivity contribution in [3.63, 3.8) is 0 Å². The molecule has 1 atom stereocenters. The first kappa shape index (κ1) is 15.7. The lowest BCUT2D eigenvalue weighted by Crippen LogP contribution is -2.22. The van der Waals surface area contributed by atoms with Gasteiger partial charge in [-0.15, -0.1) is 11.3 Å². The zero-order valence-electron chi connectivity index (χ0n) is 12.4. The van der Waals surface area contributed by atoms with E-state index >= 15 is 0 Å². The summed E-state index contributed by atoms with van der Waals surface area (Å²) in [6.45, 7) is 9.65. The molecule has 0 saturated heterocycles. The Bertz CT molecular complexity index is 572. The van der Waals surface area contributed by atoms with Crippen LogP contribution in [0.2, 0.25) is 0 Å². The Morgan fingerprint density at radius 2 is 2.10 bits per heavy atom. The number of hydrogen-bond acceptors (Lipinski definition) is 3. The Morgan fingerprint density at radius 3 is 2.65 bits per heavy atom. The van der Waals surface area contributed by atoms with E-state index < -0.39 is 0 Å². The molecule has 1 aromatic carbocycles. The number of nitrogens with one attached hydrogen (secondary N) is 1. The first-order chi connectivity index (χ1) is 9.41. The Balaban J connectivity index is 2.36. The molecule has 0 aliphatic heterocycles. The molecule has 4 heteroatoms. The Hall–Kier alpha value is -0.710. The summed E-state index contributed by atoms with van der Waals surface area (Å²) >= 11 is 5.28. The van der Waals surface area contributed by atoms with Crippen LogP contribution >= 0.6 is 27.3 Å². The lowest BCUT2D eigenvalue weighted by atomic mass is 9.93. The van der Waals surface area contributed by atoms with Crippen molar-refractivity contribution < 1.29 is 0 Å². The number of thiazole rings is 1. The van der Waals surface area contributed by atoms with Crippen molar-refractivity contribution in [3.8, 4) is 0 Å². The maximum atomic E-state index is 4.85. The Labute approximate surface area is 133 Å². The standard InChI is InChI=1S/C16H21BrN2S/c1-5-18-14(11-7-6-8-12(17)9-11)15-19-13(10-20-15)16(2,3)4/h6-10,14,18H,5H2,1-4H3. The molecule has 1 heterocycles. The van der Waals surface area contributed by atoms with Crippen LogP contribution in [0.3, 0.4) is 0 Å². The third-order valence-electron chi connectivity index (χ3n) is 3.13. The highest BCUT2D eigenvalue weighted by molar-refractivity contribution is 9.10.